The highest BCUT2D eigenvalue weighted by atomic mass is 35.5. The van der Waals surface area contributed by atoms with E-state index < -0.39 is 0 Å². The van der Waals surface area contributed by atoms with Crippen molar-refractivity contribution < 1.29 is 14.2 Å². The van der Waals surface area contributed by atoms with Gasteiger partial charge in [0.1, 0.15) is 11.5 Å². The predicted molar refractivity (Wildman–Crippen MR) is 174 cm³/mol. The molecular formula is C34H32Cl3N3O3. The SMILES string of the molecule is Nc1cc(Cl)ccc1Oc1cc(Oc2ccc(Cl)cc2N)c(C2C3CC4CC(C3)CC2C4)cc1Oc1ccc(Cl)cc1N. The van der Waals surface area contributed by atoms with E-state index in [4.69, 9.17) is 66.2 Å². The van der Waals surface area contributed by atoms with Crippen molar-refractivity contribution in [3.8, 4) is 34.5 Å². The van der Waals surface area contributed by atoms with Gasteiger partial charge in [-0.25, -0.2) is 0 Å². The first-order valence-corrected chi connectivity index (χ1v) is 15.7. The lowest BCUT2D eigenvalue weighted by atomic mass is 9.50. The van der Waals surface area contributed by atoms with E-state index >= 15 is 0 Å². The van der Waals surface area contributed by atoms with E-state index in [-0.39, 0.29) is 0 Å². The molecule has 0 heterocycles. The maximum absolute atomic E-state index is 6.61. The Hall–Kier alpha value is -3.45. The molecule has 0 amide bonds. The molecule has 4 bridgehead atoms. The molecule has 6 N–H and O–H groups in total. The summed E-state index contributed by atoms with van der Waals surface area (Å²) in [4.78, 5) is 0. The van der Waals surface area contributed by atoms with Gasteiger partial charge in [-0.15, -0.1) is 0 Å². The van der Waals surface area contributed by atoms with Crippen molar-refractivity contribution in [2.75, 3.05) is 17.2 Å². The zero-order valence-electron chi connectivity index (χ0n) is 23.4. The zero-order chi connectivity index (χ0) is 29.8. The van der Waals surface area contributed by atoms with E-state index in [9.17, 15) is 0 Å². The highest BCUT2D eigenvalue weighted by Crippen LogP contribution is 2.62. The van der Waals surface area contributed by atoms with Gasteiger partial charge < -0.3 is 31.4 Å². The van der Waals surface area contributed by atoms with E-state index in [0.29, 0.717) is 84.4 Å². The van der Waals surface area contributed by atoms with Crippen LogP contribution in [0.5, 0.6) is 34.5 Å². The predicted octanol–water partition coefficient (Wildman–Crippen LogP) is 10.3. The summed E-state index contributed by atoms with van der Waals surface area (Å²) in [6.07, 6.45) is 6.31. The Morgan fingerprint density at radius 2 is 0.860 bits per heavy atom. The summed E-state index contributed by atoms with van der Waals surface area (Å²) in [7, 11) is 0. The molecule has 4 aromatic carbocycles. The minimum atomic E-state index is 0.316. The van der Waals surface area contributed by atoms with Gasteiger partial charge >= 0.3 is 0 Å². The van der Waals surface area contributed by atoms with Gasteiger partial charge in [-0.2, -0.15) is 0 Å². The second kappa shape index (κ2) is 11.2. The molecule has 4 saturated carbocycles. The van der Waals surface area contributed by atoms with Gasteiger partial charge in [0.05, 0.1) is 17.1 Å². The van der Waals surface area contributed by atoms with Crippen molar-refractivity contribution in [2.45, 2.75) is 38.0 Å². The minimum Gasteiger partial charge on any atom is -0.455 e. The molecule has 43 heavy (non-hydrogen) atoms. The molecular weight excluding hydrogens is 605 g/mol. The van der Waals surface area contributed by atoms with Crippen LogP contribution in [-0.4, -0.2) is 0 Å². The molecule has 9 heteroatoms. The molecule has 4 aliphatic carbocycles. The number of hydrogen-bond acceptors (Lipinski definition) is 6. The number of rotatable bonds is 7. The summed E-state index contributed by atoms with van der Waals surface area (Å²) < 4.78 is 19.5. The zero-order valence-corrected chi connectivity index (χ0v) is 25.6. The molecule has 0 saturated heterocycles. The highest BCUT2D eigenvalue weighted by molar-refractivity contribution is 6.31. The Kier molecular flexibility index (Phi) is 7.40. The van der Waals surface area contributed by atoms with Crippen molar-refractivity contribution in [3.63, 3.8) is 0 Å². The number of anilines is 3. The first kappa shape index (κ1) is 28.3. The van der Waals surface area contributed by atoms with Crippen LogP contribution in [0.4, 0.5) is 17.1 Å². The van der Waals surface area contributed by atoms with Gasteiger partial charge in [0, 0.05) is 26.7 Å². The van der Waals surface area contributed by atoms with Crippen molar-refractivity contribution in [1.82, 2.24) is 0 Å². The topological polar surface area (TPSA) is 106 Å². The number of nitrogens with two attached hydrogens (primary N) is 3. The van der Waals surface area contributed by atoms with Crippen LogP contribution in [0, 0.1) is 23.7 Å². The monoisotopic (exact) mass is 635 g/mol. The standard InChI is InChI=1S/C34H32Cl3N3O3/c35-21-1-4-28(25(38)12-21)41-31-16-33(43-30-6-3-23(37)14-27(30)40)32(42-29-5-2-22(36)13-26(29)39)15-24(31)34-19-8-17-7-18(10-19)11-20(34)9-17/h1-6,12-20,34H,7-11,38-40H2. The molecule has 8 rings (SSSR count). The van der Waals surface area contributed by atoms with Crippen LogP contribution in [0.25, 0.3) is 0 Å². The second-order valence-electron chi connectivity index (χ2n) is 12.1. The molecule has 0 aliphatic heterocycles. The van der Waals surface area contributed by atoms with Gasteiger partial charge in [0.15, 0.2) is 23.0 Å². The van der Waals surface area contributed by atoms with Crippen molar-refractivity contribution in [2.24, 2.45) is 23.7 Å². The van der Waals surface area contributed by atoms with Gasteiger partial charge in [0.2, 0.25) is 0 Å². The molecule has 0 unspecified atom stereocenters. The van der Waals surface area contributed by atoms with E-state index in [1.807, 2.05) is 12.1 Å². The Morgan fingerprint density at radius 3 is 1.28 bits per heavy atom. The molecule has 0 spiro atoms. The summed E-state index contributed by atoms with van der Waals surface area (Å²) in [5.74, 6) is 6.06. The fourth-order valence-electron chi connectivity index (χ4n) is 7.69. The number of ether oxygens (including phenoxy) is 3. The molecule has 222 valence electrons. The van der Waals surface area contributed by atoms with E-state index in [0.717, 1.165) is 17.4 Å². The molecule has 0 atom stereocenters. The van der Waals surface area contributed by atoms with E-state index in [2.05, 4.69) is 0 Å². The van der Waals surface area contributed by atoms with Crippen molar-refractivity contribution in [3.05, 3.63) is 87.4 Å². The third-order valence-electron chi connectivity index (χ3n) is 9.24. The molecule has 4 aromatic rings. The van der Waals surface area contributed by atoms with Crippen LogP contribution in [0.15, 0.2) is 66.7 Å². The molecule has 4 aliphatic rings. The lowest BCUT2D eigenvalue weighted by Crippen LogP contribution is -2.43. The van der Waals surface area contributed by atoms with Crippen LogP contribution in [-0.2, 0) is 0 Å². The second-order valence-corrected chi connectivity index (χ2v) is 13.5. The fourth-order valence-corrected chi connectivity index (χ4v) is 8.23. The first-order chi connectivity index (χ1) is 20.7. The van der Waals surface area contributed by atoms with Crippen molar-refractivity contribution >= 4 is 51.9 Å². The Labute approximate surface area is 266 Å². The van der Waals surface area contributed by atoms with Crippen molar-refractivity contribution in [1.29, 1.82) is 0 Å². The molecule has 0 aromatic heterocycles. The Morgan fingerprint density at radius 1 is 0.465 bits per heavy atom. The van der Waals surface area contributed by atoms with Crippen LogP contribution >= 0.6 is 34.8 Å². The quantitative estimate of drug-likeness (QED) is 0.174. The average molecular weight is 637 g/mol. The molecule has 4 fully saturated rings. The summed E-state index contributed by atoms with van der Waals surface area (Å²) in [6.45, 7) is 0. The summed E-state index contributed by atoms with van der Waals surface area (Å²) >= 11 is 18.6. The number of hydrogen-bond donors (Lipinski definition) is 3. The van der Waals surface area contributed by atoms with Crippen LogP contribution < -0.4 is 31.4 Å². The number of halogens is 3. The average Bonchev–Trinajstić information content (AvgIpc) is 2.94. The largest absolute Gasteiger partial charge is 0.455 e. The minimum absolute atomic E-state index is 0.316. The lowest BCUT2D eigenvalue weighted by Gasteiger charge is -2.54. The first-order valence-electron chi connectivity index (χ1n) is 14.6. The van der Waals surface area contributed by atoms with Crippen LogP contribution in [0.1, 0.15) is 43.6 Å². The summed E-state index contributed by atoms with van der Waals surface area (Å²) in [6, 6.07) is 19.4. The van der Waals surface area contributed by atoms with E-state index in [1.54, 1.807) is 54.6 Å². The maximum Gasteiger partial charge on any atom is 0.173 e. The Balaban J connectivity index is 1.38. The highest BCUT2D eigenvalue weighted by Gasteiger charge is 2.49. The van der Waals surface area contributed by atoms with Gasteiger partial charge in [-0.1, -0.05) is 34.8 Å². The number of benzene rings is 4. The van der Waals surface area contributed by atoms with Gasteiger partial charge in [-0.05, 0) is 122 Å². The molecule has 6 nitrogen and oxygen atoms in total. The maximum atomic E-state index is 6.61. The van der Waals surface area contributed by atoms with E-state index in [1.165, 1.54) is 32.1 Å². The lowest BCUT2D eigenvalue weighted by molar-refractivity contribution is -0.00341. The van der Waals surface area contributed by atoms with Gasteiger partial charge in [-0.3, -0.25) is 0 Å². The summed E-state index contributed by atoms with van der Waals surface area (Å²) in [5.41, 5.74) is 21.3. The van der Waals surface area contributed by atoms with Crippen LogP contribution in [0.2, 0.25) is 15.1 Å². The summed E-state index contributed by atoms with van der Waals surface area (Å²) in [5, 5.41) is 1.57. The smallest absolute Gasteiger partial charge is 0.173 e. The number of nitrogen functional groups attached to an aromatic ring is 3. The molecule has 0 radical (unpaired) electrons. The fraction of sp³-hybridized carbons (Fsp3) is 0.294. The van der Waals surface area contributed by atoms with Crippen LogP contribution in [0.3, 0.4) is 0 Å². The Bertz CT molecular complexity index is 1680. The third-order valence-corrected chi connectivity index (χ3v) is 9.94. The third kappa shape index (κ3) is 5.64. The normalized spacial score (nSPS) is 23.7. The van der Waals surface area contributed by atoms with Gasteiger partial charge in [0.25, 0.3) is 0 Å².